The monoisotopic (exact) mass is 193 g/mol. The summed E-state index contributed by atoms with van der Waals surface area (Å²) in [6.45, 7) is 4.44. The van der Waals surface area contributed by atoms with E-state index in [9.17, 15) is 4.79 Å². The van der Waals surface area contributed by atoms with Gasteiger partial charge in [-0.3, -0.25) is 4.98 Å². The van der Waals surface area contributed by atoms with E-state index in [0.717, 1.165) is 5.56 Å². The minimum atomic E-state index is -0.149. The first kappa shape index (κ1) is 10.5. The molecule has 1 rings (SSSR count). The molecule has 0 aromatic carbocycles. The number of aromatic nitrogens is 1. The molecule has 1 aromatic rings. The fraction of sp³-hybridized carbons (Fsp3) is 0.400. The molecule has 76 valence electrons. The molecule has 2 N–H and O–H groups in total. The molecule has 0 saturated heterocycles. The highest BCUT2D eigenvalue weighted by atomic mass is 16.2. The molecule has 0 spiro atoms. The van der Waals surface area contributed by atoms with Crippen molar-refractivity contribution in [2.24, 2.45) is 0 Å². The van der Waals surface area contributed by atoms with E-state index in [1.807, 2.05) is 26.0 Å². The Morgan fingerprint density at radius 1 is 1.64 bits per heavy atom. The zero-order valence-corrected chi connectivity index (χ0v) is 8.45. The van der Waals surface area contributed by atoms with Crippen LogP contribution in [0.4, 0.5) is 4.79 Å². The van der Waals surface area contributed by atoms with Gasteiger partial charge in [0.15, 0.2) is 0 Å². The summed E-state index contributed by atoms with van der Waals surface area (Å²) < 4.78 is 0. The van der Waals surface area contributed by atoms with Gasteiger partial charge in [-0.1, -0.05) is 6.07 Å². The molecule has 0 aliphatic carbocycles. The highest BCUT2D eigenvalue weighted by molar-refractivity contribution is 5.74. The van der Waals surface area contributed by atoms with E-state index in [1.54, 1.807) is 12.4 Å². The van der Waals surface area contributed by atoms with E-state index in [4.69, 9.17) is 0 Å². The number of carbonyl (C=O) groups is 1. The number of nitrogens with zero attached hydrogens (tertiary/aromatic N) is 1. The summed E-state index contributed by atoms with van der Waals surface area (Å²) in [5.41, 5.74) is 0.999. The Balaban J connectivity index is 2.50. The van der Waals surface area contributed by atoms with E-state index in [2.05, 4.69) is 15.6 Å². The van der Waals surface area contributed by atoms with Crippen molar-refractivity contribution in [1.29, 1.82) is 0 Å². The Hall–Kier alpha value is -1.58. The van der Waals surface area contributed by atoms with E-state index in [0.29, 0.717) is 6.54 Å². The summed E-state index contributed by atoms with van der Waals surface area (Å²) in [4.78, 5) is 15.2. The predicted octanol–water partition coefficient (Wildman–Crippen LogP) is 1.46. The quantitative estimate of drug-likeness (QED) is 0.763. The van der Waals surface area contributed by atoms with Gasteiger partial charge in [0.25, 0.3) is 0 Å². The molecule has 0 aliphatic rings. The first-order valence-electron chi connectivity index (χ1n) is 4.68. The van der Waals surface area contributed by atoms with Crippen LogP contribution in [-0.2, 0) is 0 Å². The smallest absolute Gasteiger partial charge is 0.315 e. The number of rotatable bonds is 3. The summed E-state index contributed by atoms with van der Waals surface area (Å²) in [6.07, 6.45) is 3.46. The molecule has 1 aromatic heterocycles. The lowest BCUT2D eigenvalue weighted by molar-refractivity contribution is 0.238. The van der Waals surface area contributed by atoms with Gasteiger partial charge in [-0.15, -0.1) is 0 Å². The molecule has 0 saturated carbocycles. The van der Waals surface area contributed by atoms with E-state index >= 15 is 0 Å². The summed E-state index contributed by atoms with van der Waals surface area (Å²) in [5.74, 6) is 0. The number of pyridine rings is 1. The third-order valence-corrected chi connectivity index (χ3v) is 1.87. The Morgan fingerprint density at radius 2 is 2.43 bits per heavy atom. The second-order valence-corrected chi connectivity index (χ2v) is 3.01. The number of nitrogens with one attached hydrogen (secondary N) is 2. The molecule has 1 heterocycles. The van der Waals surface area contributed by atoms with Crippen LogP contribution in [0.2, 0.25) is 0 Å². The van der Waals surface area contributed by atoms with Crippen molar-refractivity contribution in [2.45, 2.75) is 19.9 Å². The summed E-state index contributed by atoms with van der Waals surface area (Å²) in [7, 11) is 0. The van der Waals surface area contributed by atoms with Crippen LogP contribution >= 0.6 is 0 Å². The normalized spacial score (nSPS) is 11.9. The maximum absolute atomic E-state index is 11.2. The molecule has 1 atom stereocenters. The van der Waals surface area contributed by atoms with Gasteiger partial charge in [-0.05, 0) is 25.5 Å². The number of hydrogen-bond acceptors (Lipinski definition) is 2. The van der Waals surface area contributed by atoms with Crippen molar-refractivity contribution in [3.8, 4) is 0 Å². The Morgan fingerprint density at radius 3 is 3.00 bits per heavy atom. The van der Waals surface area contributed by atoms with Crippen LogP contribution < -0.4 is 10.6 Å². The van der Waals surface area contributed by atoms with Gasteiger partial charge < -0.3 is 10.6 Å². The first-order chi connectivity index (χ1) is 6.74. The molecule has 2 amide bonds. The highest BCUT2D eigenvalue weighted by Gasteiger charge is 2.07. The van der Waals surface area contributed by atoms with Crippen LogP contribution in [0.3, 0.4) is 0 Å². The molecule has 0 aliphatic heterocycles. The molecule has 0 fully saturated rings. The van der Waals surface area contributed by atoms with Gasteiger partial charge in [0.05, 0.1) is 6.04 Å². The minimum Gasteiger partial charge on any atom is -0.338 e. The lowest BCUT2D eigenvalue weighted by Gasteiger charge is -2.13. The maximum Gasteiger partial charge on any atom is 0.315 e. The average molecular weight is 193 g/mol. The fourth-order valence-electron chi connectivity index (χ4n) is 1.12. The predicted molar refractivity (Wildman–Crippen MR) is 54.9 cm³/mol. The van der Waals surface area contributed by atoms with Crippen molar-refractivity contribution >= 4 is 6.03 Å². The van der Waals surface area contributed by atoms with Crippen molar-refractivity contribution in [3.63, 3.8) is 0 Å². The van der Waals surface area contributed by atoms with Crippen molar-refractivity contribution in [2.75, 3.05) is 6.54 Å². The van der Waals surface area contributed by atoms with Gasteiger partial charge in [0, 0.05) is 18.9 Å². The van der Waals surface area contributed by atoms with E-state index in [1.165, 1.54) is 0 Å². The van der Waals surface area contributed by atoms with Crippen LogP contribution in [-0.4, -0.2) is 17.6 Å². The average Bonchev–Trinajstić information content (AvgIpc) is 2.19. The second kappa shape index (κ2) is 5.21. The fourth-order valence-corrected chi connectivity index (χ4v) is 1.12. The number of carbonyl (C=O) groups excluding carboxylic acids is 1. The lowest BCUT2D eigenvalue weighted by Crippen LogP contribution is -2.36. The number of hydrogen-bond donors (Lipinski definition) is 2. The van der Waals surface area contributed by atoms with Crippen molar-refractivity contribution < 1.29 is 4.79 Å². The van der Waals surface area contributed by atoms with Crippen LogP contribution in [0.1, 0.15) is 25.5 Å². The minimum absolute atomic E-state index is 0.0183. The Labute approximate surface area is 83.7 Å². The van der Waals surface area contributed by atoms with Crippen LogP contribution in [0.25, 0.3) is 0 Å². The molecule has 1 unspecified atom stereocenters. The third-order valence-electron chi connectivity index (χ3n) is 1.87. The van der Waals surface area contributed by atoms with Crippen LogP contribution in [0.15, 0.2) is 24.5 Å². The standard InChI is InChI=1S/C10H15N3O/c1-3-12-10(14)13-8(2)9-5-4-6-11-7-9/h4-8H,3H2,1-2H3,(H2,12,13,14). The van der Waals surface area contributed by atoms with Gasteiger partial charge in [0.2, 0.25) is 0 Å². The molecule has 4 heteroatoms. The zero-order valence-electron chi connectivity index (χ0n) is 8.45. The molecular formula is C10H15N3O. The second-order valence-electron chi connectivity index (χ2n) is 3.01. The molecule has 4 nitrogen and oxygen atoms in total. The van der Waals surface area contributed by atoms with Gasteiger partial charge >= 0.3 is 6.03 Å². The van der Waals surface area contributed by atoms with E-state index in [-0.39, 0.29) is 12.1 Å². The van der Waals surface area contributed by atoms with Gasteiger partial charge in [-0.2, -0.15) is 0 Å². The molecule has 0 radical (unpaired) electrons. The van der Waals surface area contributed by atoms with Crippen molar-refractivity contribution in [1.82, 2.24) is 15.6 Å². The summed E-state index contributed by atoms with van der Waals surface area (Å²) in [6, 6.07) is 3.62. The molecular weight excluding hydrogens is 178 g/mol. The Kier molecular flexibility index (Phi) is 3.91. The summed E-state index contributed by atoms with van der Waals surface area (Å²) >= 11 is 0. The van der Waals surface area contributed by atoms with E-state index < -0.39 is 0 Å². The third kappa shape index (κ3) is 3.05. The number of amides is 2. The number of urea groups is 1. The Bertz CT molecular complexity index is 287. The van der Waals surface area contributed by atoms with Gasteiger partial charge in [0.1, 0.15) is 0 Å². The largest absolute Gasteiger partial charge is 0.338 e. The molecule has 0 bridgehead atoms. The first-order valence-corrected chi connectivity index (χ1v) is 4.68. The SMILES string of the molecule is CCNC(=O)NC(C)c1cccnc1. The molecule has 14 heavy (non-hydrogen) atoms. The van der Waals surface area contributed by atoms with Crippen molar-refractivity contribution in [3.05, 3.63) is 30.1 Å². The topological polar surface area (TPSA) is 54.0 Å². The summed E-state index contributed by atoms with van der Waals surface area (Å²) in [5, 5.41) is 5.48. The van der Waals surface area contributed by atoms with Crippen LogP contribution in [0, 0.1) is 0 Å². The zero-order chi connectivity index (χ0) is 10.4. The van der Waals surface area contributed by atoms with Gasteiger partial charge in [-0.25, -0.2) is 4.79 Å². The maximum atomic E-state index is 11.2. The van der Waals surface area contributed by atoms with Crippen LogP contribution in [0.5, 0.6) is 0 Å². The highest BCUT2D eigenvalue weighted by Crippen LogP contribution is 2.08. The lowest BCUT2D eigenvalue weighted by atomic mass is 10.1.